The van der Waals surface area contributed by atoms with E-state index in [9.17, 15) is 5.26 Å². The van der Waals surface area contributed by atoms with Crippen LogP contribution in [0, 0.1) is 18.3 Å². The van der Waals surface area contributed by atoms with Gasteiger partial charge in [0.05, 0.1) is 5.56 Å². The van der Waals surface area contributed by atoms with Crippen molar-refractivity contribution in [3.63, 3.8) is 0 Å². The fourth-order valence-corrected chi connectivity index (χ4v) is 1.89. The van der Waals surface area contributed by atoms with Crippen molar-refractivity contribution < 1.29 is 0 Å². The molecule has 0 radical (unpaired) electrons. The van der Waals surface area contributed by atoms with Crippen LogP contribution in [0.15, 0.2) is 6.07 Å². The van der Waals surface area contributed by atoms with Crippen LogP contribution in [0.1, 0.15) is 30.9 Å². The zero-order chi connectivity index (χ0) is 15.0. The van der Waals surface area contributed by atoms with Crippen molar-refractivity contribution in [2.45, 2.75) is 26.7 Å². The Labute approximate surface area is 122 Å². The summed E-state index contributed by atoms with van der Waals surface area (Å²) in [6.45, 7) is 6.78. The molecule has 0 amide bonds. The molecule has 0 fully saturated rings. The molecule has 0 aliphatic heterocycles. The lowest BCUT2D eigenvalue weighted by Gasteiger charge is -2.14. The average molecular weight is 275 g/mol. The number of nitrogens with zero attached hydrogens (tertiary/aromatic N) is 3. The monoisotopic (exact) mass is 275 g/mol. The largest absolute Gasteiger partial charge is 0.370 e. The van der Waals surface area contributed by atoms with Crippen LogP contribution in [0.2, 0.25) is 0 Å². The van der Waals surface area contributed by atoms with E-state index in [1.807, 2.05) is 13.0 Å². The van der Waals surface area contributed by atoms with Crippen LogP contribution in [0.4, 0.5) is 11.6 Å². The summed E-state index contributed by atoms with van der Waals surface area (Å²) in [4.78, 5) is 6.64. The van der Waals surface area contributed by atoms with Crippen LogP contribution in [0.5, 0.6) is 0 Å². The maximum Gasteiger partial charge on any atom is 0.146 e. The Bertz CT molecular complexity index is 462. The molecule has 2 N–H and O–H groups in total. The molecule has 1 aromatic rings. The van der Waals surface area contributed by atoms with Gasteiger partial charge in [-0.15, -0.1) is 0 Å². The maximum atomic E-state index is 9.25. The molecule has 20 heavy (non-hydrogen) atoms. The smallest absolute Gasteiger partial charge is 0.146 e. The van der Waals surface area contributed by atoms with E-state index in [1.54, 1.807) is 0 Å². The van der Waals surface area contributed by atoms with Crippen molar-refractivity contribution in [3.05, 3.63) is 17.2 Å². The predicted molar refractivity (Wildman–Crippen MR) is 84.1 cm³/mol. The second-order valence-electron chi connectivity index (χ2n) is 5.17. The predicted octanol–water partition coefficient (Wildman–Crippen LogP) is 2.45. The quantitative estimate of drug-likeness (QED) is 0.713. The summed E-state index contributed by atoms with van der Waals surface area (Å²) >= 11 is 0. The number of anilines is 2. The Morgan fingerprint density at radius 1 is 1.30 bits per heavy atom. The molecular weight excluding hydrogens is 250 g/mol. The van der Waals surface area contributed by atoms with E-state index in [-0.39, 0.29) is 0 Å². The molecule has 0 unspecified atom stereocenters. The summed E-state index contributed by atoms with van der Waals surface area (Å²) in [5.41, 5.74) is 1.59. The molecule has 0 saturated carbocycles. The normalized spacial score (nSPS) is 10.4. The van der Waals surface area contributed by atoms with E-state index in [4.69, 9.17) is 0 Å². The Morgan fingerprint density at radius 3 is 2.65 bits per heavy atom. The lowest BCUT2D eigenvalue weighted by atomic mass is 10.1. The minimum absolute atomic E-state index is 0.636. The van der Waals surface area contributed by atoms with Crippen molar-refractivity contribution in [3.8, 4) is 6.07 Å². The number of nitriles is 1. The van der Waals surface area contributed by atoms with E-state index in [2.05, 4.69) is 47.6 Å². The third kappa shape index (κ3) is 5.06. The number of aryl methyl sites for hydroxylation is 1. The van der Waals surface area contributed by atoms with Gasteiger partial charge in [-0.3, -0.25) is 0 Å². The number of nitrogens with one attached hydrogen (secondary N) is 2. The van der Waals surface area contributed by atoms with Gasteiger partial charge in [0.25, 0.3) is 0 Å². The van der Waals surface area contributed by atoms with Gasteiger partial charge in [0, 0.05) is 13.1 Å². The van der Waals surface area contributed by atoms with E-state index in [0.717, 1.165) is 43.9 Å². The second kappa shape index (κ2) is 8.39. The van der Waals surface area contributed by atoms with Gasteiger partial charge in [0.2, 0.25) is 0 Å². The third-order valence-corrected chi connectivity index (χ3v) is 2.96. The van der Waals surface area contributed by atoms with Gasteiger partial charge in [-0.25, -0.2) is 4.98 Å². The molecule has 1 rings (SSSR count). The van der Waals surface area contributed by atoms with E-state index in [1.165, 1.54) is 0 Å². The Hall–Kier alpha value is -1.80. The molecule has 5 heteroatoms. The number of rotatable bonds is 8. The summed E-state index contributed by atoms with van der Waals surface area (Å²) in [5.74, 6) is 1.52. The highest BCUT2D eigenvalue weighted by molar-refractivity contribution is 5.60. The fourth-order valence-electron chi connectivity index (χ4n) is 1.89. The van der Waals surface area contributed by atoms with Crippen LogP contribution >= 0.6 is 0 Å². The van der Waals surface area contributed by atoms with Crippen LogP contribution < -0.4 is 10.6 Å². The fraction of sp³-hybridized carbons (Fsp3) is 0.600. The molecule has 0 saturated heterocycles. The zero-order valence-corrected chi connectivity index (χ0v) is 13.0. The Kier molecular flexibility index (Phi) is 6.82. The van der Waals surface area contributed by atoms with Gasteiger partial charge >= 0.3 is 0 Å². The van der Waals surface area contributed by atoms with Crippen molar-refractivity contribution >= 4 is 11.6 Å². The highest BCUT2D eigenvalue weighted by atomic mass is 15.1. The SMILES string of the molecule is CCCNc1cc(C)c(C#N)c(NCCCN(C)C)n1. The molecule has 0 aliphatic rings. The molecule has 0 aliphatic carbocycles. The average Bonchev–Trinajstić information content (AvgIpc) is 2.41. The van der Waals surface area contributed by atoms with Crippen LogP contribution in [0.3, 0.4) is 0 Å². The van der Waals surface area contributed by atoms with Gasteiger partial charge in [-0.1, -0.05) is 6.92 Å². The highest BCUT2D eigenvalue weighted by Crippen LogP contribution is 2.20. The minimum atomic E-state index is 0.636. The van der Waals surface area contributed by atoms with Gasteiger partial charge in [0.1, 0.15) is 17.7 Å². The Morgan fingerprint density at radius 2 is 2.05 bits per heavy atom. The van der Waals surface area contributed by atoms with Crippen LogP contribution in [-0.2, 0) is 0 Å². The third-order valence-electron chi connectivity index (χ3n) is 2.96. The van der Waals surface area contributed by atoms with Gasteiger partial charge in [0.15, 0.2) is 0 Å². The zero-order valence-electron chi connectivity index (χ0n) is 13.0. The van der Waals surface area contributed by atoms with Crippen molar-refractivity contribution in [1.82, 2.24) is 9.88 Å². The maximum absolute atomic E-state index is 9.25. The minimum Gasteiger partial charge on any atom is -0.370 e. The molecule has 0 aromatic carbocycles. The van der Waals surface area contributed by atoms with E-state index >= 15 is 0 Å². The first-order valence-electron chi connectivity index (χ1n) is 7.12. The first kappa shape index (κ1) is 16.3. The summed E-state index contributed by atoms with van der Waals surface area (Å²) in [6.07, 6.45) is 2.07. The van der Waals surface area contributed by atoms with Crippen molar-refractivity contribution in [2.75, 3.05) is 44.4 Å². The second-order valence-corrected chi connectivity index (χ2v) is 5.17. The molecule has 1 heterocycles. The molecule has 0 bridgehead atoms. The molecule has 1 aromatic heterocycles. The van der Waals surface area contributed by atoms with E-state index in [0.29, 0.717) is 11.4 Å². The van der Waals surface area contributed by atoms with Crippen molar-refractivity contribution in [1.29, 1.82) is 5.26 Å². The summed E-state index contributed by atoms with van der Waals surface area (Å²) in [6, 6.07) is 4.16. The van der Waals surface area contributed by atoms with Crippen LogP contribution in [-0.4, -0.2) is 43.6 Å². The van der Waals surface area contributed by atoms with Crippen molar-refractivity contribution in [2.24, 2.45) is 0 Å². The molecule has 0 atom stereocenters. The summed E-state index contributed by atoms with van der Waals surface area (Å²) in [5, 5.41) is 15.8. The van der Waals surface area contributed by atoms with Crippen LogP contribution in [0.25, 0.3) is 0 Å². The van der Waals surface area contributed by atoms with Gasteiger partial charge in [-0.2, -0.15) is 5.26 Å². The molecule has 110 valence electrons. The summed E-state index contributed by atoms with van der Waals surface area (Å²) < 4.78 is 0. The number of aromatic nitrogens is 1. The summed E-state index contributed by atoms with van der Waals surface area (Å²) in [7, 11) is 4.11. The number of pyridine rings is 1. The molecular formula is C15H25N5. The topological polar surface area (TPSA) is 64.0 Å². The lowest BCUT2D eigenvalue weighted by Crippen LogP contribution is -2.17. The number of hydrogen-bond acceptors (Lipinski definition) is 5. The standard InChI is InChI=1S/C15H25N5/c1-5-7-17-14-10-12(2)13(11-16)15(19-14)18-8-6-9-20(3)4/h10H,5-9H2,1-4H3,(H2,17,18,19). The first-order chi connectivity index (χ1) is 9.58. The Balaban J connectivity index is 2.75. The number of hydrogen-bond donors (Lipinski definition) is 2. The lowest BCUT2D eigenvalue weighted by molar-refractivity contribution is 0.405. The van der Waals surface area contributed by atoms with Gasteiger partial charge in [-0.05, 0) is 52.0 Å². The van der Waals surface area contributed by atoms with E-state index < -0.39 is 0 Å². The molecule has 0 spiro atoms. The van der Waals surface area contributed by atoms with Gasteiger partial charge < -0.3 is 15.5 Å². The highest BCUT2D eigenvalue weighted by Gasteiger charge is 2.09. The first-order valence-corrected chi connectivity index (χ1v) is 7.12. The molecule has 5 nitrogen and oxygen atoms in total.